The first-order chi connectivity index (χ1) is 6.93. The Morgan fingerprint density at radius 3 is 2.67 bits per heavy atom. The fourth-order valence-corrected chi connectivity index (χ4v) is 2.29. The van der Waals surface area contributed by atoms with Gasteiger partial charge in [0.25, 0.3) is 0 Å². The van der Waals surface area contributed by atoms with Gasteiger partial charge in [0, 0.05) is 24.7 Å². The quantitative estimate of drug-likeness (QED) is 0.735. The van der Waals surface area contributed by atoms with E-state index in [0.717, 1.165) is 25.6 Å². The third kappa shape index (κ3) is 4.49. The molecule has 3 heteroatoms. The van der Waals surface area contributed by atoms with Gasteiger partial charge in [0.1, 0.15) is 0 Å². The van der Waals surface area contributed by atoms with Gasteiger partial charge in [-0.15, -0.1) is 0 Å². The molecule has 0 spiro atoms. The van der Waals surface area contributed by atoms with E-state index < -0.39 is 0 Å². The van der Waals surface area contributed by atoms with Crippen molar-refractivity contribution in [3.63, 3.8) is 0 Å². The van der Waals surface area contributed by atoms with Gasteiger partial charge >= 0.3 is 0 Å². The van der Waals surface area contributed by atoms with Crippen LogP contribution in [0.25, 0.3) is 0 Å². The first-order valence-electron chi connectivity index (χ1n) is 6.04. The highest BCUT2D eigenvalue weighted by Gasteiger charge is 2.30. The fraction of sp³-hybridized carbons (Fsp3) is 1.00. The van der Waals surface area contributed by atoms with Gasteiger partial charge < -0.3 is 10.4 Å². The molecule has 0 amide bonds. The summed E-state index contributed by atoms with van der Waals surface area (Å²) in [6, 6.07) is 0.237. The second-order valence-corrected chi connectivity index (χ2v) is 5.83. The van der Waals surface area contributed by atoms with Crippen molar-refractivity contribution < 1.29 is 5.11 Å². The SMILES string of the molecule is CC(C)CCN1CC(CO)NC(C)(C)C1. The number of hydrogen-bond donors (Lipinski definition) is 2. The number of aliphatic hydroxyl groups is 1. The zero-order valence-electron chi connectivity index (χ0n) is 10.6. The van der Waals surface area contributed by atoms with E-state index in [0.29, 0.717) is 0 Å². The van der Waals surface area contributed by atoms with Crippen molar-refractivity contribution in [2.24, 2.45) is 5.92 Å². The number of aliphatic hydroxyl groups excluding tert-OH is 1. The highest BCUT2D eigenvalue weighted by atomic mass is 16.3. The molecular weight excluding hydrogens is 188 g/mol. The van der Waals surface area contributed by atoms with Crippen molar-refractivity contribution in [1.82, 2.24) is 10.2 Å². The zero-order valence-corrected chi connectivity index (χ0v) is 10.6. The first-order valence-corrected chi connectivity index (χ1v) is 6.04. The average molecular weight is 214 g/mol. The molecular formula is C12H26N2O. The molecule has 0 aromatic carbocycles. The standard InChI is InChI=1S/C12H26N2O/c1-10(2)5-6-14-7-11(8-15)13-12(3,4)9-14/h10-11,13,15H,5-9H2,1-4H3. The summed E-state index contributed by atoms with van der Waals surface area (Å²) in [4.78, 5) is 2.47. The normalized spacial score (nSPS) is 27.2. The van der Waals surface area contributed by atoms with Crippen LogP contribution in [-0.2, 0) is 0 Å². The van der Waals surface area contributed by atoms with Crippen molar-refractivity contribution in [2.75, 3.05) is 26.2 Å². The Morgan fingerprint density at radius 2 is 2.13 bits per heavy atom. The van der Waals surface area contributed by atoms with Gasteiger partial charge in [-0.05, 0) is 32.7 Å². The van der Waals surface area contributed by atoms with Gasteiger partial charge in [0.15, 0.2) is 0 Å². The van der Waals surface area contributed by atoms with Crippen molar-refractivity contribution in [2.45, 2.75) is 45.7 Å². The van der Waals surface area contributed by atoms with E-state index in [-0.39, 0.29) is 18.2 Å². The Hall–Kier alpha value is -0.120. The summed E-state index contributed by atoms with van der Waals surface area (Å²) in [6.07, 6.45) is 1.24. The number of hydrogen-bond acceptors (Lipinski definition) is 3. The van der Waals surface area contributed by atoms with Crippen LogP contribution in [0.3, 0.4) is 0 Å². The third-order valence-corrected chi connectivity index (χ3v) is 2.94. The van der Waals surface area contributed by atoms with Gasteiger partial charge in [0.05, 0.1) is 6.61 Å². The molecule has 1 saturated heterocycles. The lowest BCUT2D eigenvalue weighted by molar-refractivity contribution is 0.0833. The smallest absolute Gasteiger partial charge is 0.0597 e. The van der Waals surface area contributed by atoms with Crippen molar-refractivity contribution in [1.29, 1.82) is 0 Å². The van der Waals surface area contributed by atoms with Gasteiger partial charge in [-0.3, -0.25) is 4.90 Å². The van der Waals surface area contributed by atoms with Crippen molar-refractivity contribution >= 4 is 0 Å². The minimum atomic E-state index is 0.128. The second kappa shape index (κ2) is 5.28. The molecule has 1 fully saturated rings. The molecule has 1 atom stereocenters. The Labute approximate surface area is 93.9 Å². The van der Waals surface area contributed by atoms with Crippen molar-refractivity contribution in [3.8, 4) is 0 Å². The van der Waals surface area contributed by atoms with Crippen LogP contribution < -0.4 is 5.32 Å². The molecule has 3 nitrogen and oxygen atoms in total. The van der Waals surface area contributed by atoms with Crippen LogP contribution in [0.5, 0.6) is 0 Å². The third-order valence-electron chi connectivity index (χ3n) is 2.94. The minimum absolute atomic E-state index is 0.128. The Balaban J connectivity index is 2.43. The van der Waals surface area contributed by atoms with Gasteiger partial charge in [-0.1, -0.05) is 13.8 Å². The summed E-state index contributed by atoms with van der Waals surface area (Å²) >= 11 is 0. The molecule has 15 heavy (non-hydrogen) atoms. The monoisotopic (exact) mass is 214 g/mol. The predicted molar refractivity (Wildman–Crippen MR) is 64.0 cm³/mol. The highest BCUT2D eigenvalue weighted by Crippen LogP contribution is 2.15. The maximum atomic E-state index is 9.23. The number of nitrogens with one attached hydrogen (secondary N) is 1. The summed E-state index contributed by atoms with van der Waals surface area (Å²) in [5.41, 5.74) is 0.128. The van der Waals surface area contributed by atoms with E-state index in [4.69, 9.17) is 0 Å². The Kier molecular flexibility index (Phi) is 4.56. The largest absolute Gasteiger partial charge is 0.395 e. The van der Waals surface area contributed by atoms with Crippen LogP contribution in [-0.4, -0.2) is 47.8 Å². The molecule has 0 aliphatic carbocycles. The minimum Gasteiger partial charge on any atom is -0.395 e. The molecule has 0 aromatic rings. The summed E-state index contributed by atoms with van der Waals surface area (Å²) in [5.74, 6) is 0.760. The Bertz CT molecular complexity index is 192. The lowest BCUT2D eigenvalue weighted by Gasteiger charge is -2.43. The van der Waals surface area contributed by atoms with E-state index in [1.54, 1.807) is 0 Å². The van der Waals surface area contributed by atoms with E-state index in [2.05, 4.69) is 37.9 Å². The fourth-order valence-electron chi connectivity index (χ4n) is 2.29. The van der Waals surface area contributed by atoms with Crippen LogP contribution in [0.15, 0.2) is 0 Å². The summed E-state index contributed by atoms with van der Waals surface area (Å²) in [5, 5.41) is 12.7. The first kappa shape index (κ1) is 12.9. The second-order valence-electron chi connectivity index (χ2n) is 5.83. The summed E-state index contributed by atoms with van der Waals surface area (Å²) < 4.78 is 0. The van der Waals surface area contributed by atoms with Crippen molar-refractivity contribution in [3.05, 3.63) is 0 Å². The summed E-state index contributed by atoms with van der Waals surface area (Å²) in [7, 11) is 0. The van der Waals surface area contributed by atoms with Gasteiger partial charge in [-0.2, -0.15) is 0 Å². The van der Waals surface area contributed by atoms with Gasteiger partial charge in [-0.25, -0.2) is 0 Å². The van der Waals surface area contributed by atoms with E-state index in [1.807, 2.05) is 0 Å². The topological polar surface area (TPSA) is 35.5 Å². The van der Waals surface area contributed by atoms with Crippen LogP contribution in [0.1, 0.15) is 34.1 Å². The summed E-state index contributed by atoms with van der Waals surface area (Å²) in [6.45, 7) is 12.4. The van der Waals surface area contributed by atoms with E-state index in [1.165, 1.54) is 6.42 Å². The average Bonchev–Trinajstić information content (AvgIpc) is 2.12. The molecule has 90 valence electrons. The number of nitrogens with zero attached hydrogens (tertiary/aromatic N) is 1. The number of piperazine rings is 1. The molecule has 1 rings (SSSR count). The molecule has 0 bridgehead atoms. The molecule has 2 N–H and O–H groups in total. The predicted octanol–water partition coefficient (Wildman–Crippen LogP) is 1.08. The maximum Gasteiger partial charge on any atom is 0.0597 e. The highest BCUT2D eigenvalue weighted by molar-refractivity contribution is 4.92. The molecule has 1 heterocycles. The van der Waals surface area contributed by atoms with Crippen LogP contribution in [0.4, 0.5) is 0 Å². The Morgan fingerprint density at radius 1 is 1.47 bits per heavy atom. The lowest BCUT2D eigenvalue weighted by Crippen LogP contribution is -2.63. The molecule has 1 aliphatic rings. The number of rotatable bonds is 4. The molecule has 1 unspecified atom stereocenters. The zero-order chi connectivity index (χ0) is 11.5. The maximum absolute atomic E-state index is 9.23. The van der Waals surface area contributed by atoms with Gasteiger partial charge in [0.2, 0.25) is 0 Å². The molecule has 0 radical (unpaired) electrons. The van der Waals surface area contributed by atoms with Crippen LogP contribution in [0, 0.1) is 5.92 Å². The lowest BCUT2D eigenvalue weighted by atomic mass is 9.98. The van der Waals surface area contributed by atoms with E-state index in [9.17, 15) is 5.11 Å². The van der Waals surface area contributed by atoms with Crippen LogP contribution in [0.2, 0.25) is 0 Å². The molecule has 0 saturated carbocycles. The van der Waals surface area contributed by atoms with Crippen LogP contribution >= 0.6 is 0 Å². The molecule has 0 aromatic heterocycles. The molecule has 1 aliphatic heterocycles. The van der Waals surface area contributed by atoms with E-state index >= 15 is 0 Å².